The first-order valence-corrected chi connectivity index (χ1v) is 14.9. The van der Waals surface area contributed by atoms with Crippen LogP contribution < -0.4 is 5.32 Å². The van der Waals surface area contributed by atoms with Crippen LogP contribution in [0.2, 0.25) is 0 Å². The number of pyridine rings is 1. The number of likely N-dealkylation sites (tertiary alicyclic amines) is 2. The maximum atomic E-state index is 13.5. The van der Waals surface area contributed by atoms with Crippen LogP contribution >= 0.6 is 0 Å². The number of aryl methyl sites for hydroxylation is 1. The van der Waals surface area contributed by atoms with Gasteiger partial charge in [0.2, 0.25) is 5.91 Å². The Labute approximate surface area is 267 Å². The molecule has 47 heavy (non-hydrogen) atoms. The number of carboxylic acids is 1. The average Bonchev–Trinajstić information content (AvgIpc) is 3.66. The number of methoxy groups -OCH3 is 1. The van der Waals surface area contributed by atoms with Crippen molar-refractivity contribution in [2.75, 3.05) is 39.8 Å². The summed E-state index contributed by atoms with van der Waals surface area (Å²) in [5, 5.41) is 18.6. The number of nitrogens with zero attached hydrogens (tertiary/aromatic N) is 6. The summed E-state index contributed by atoms with van der Waals surface area (Å²) in [7, 11) is 1.31. The molecule has 4 heterocycles. The first-order valence-electron chi connectivity index (χ1n) is 14.9. The molecular formula is C29H38F5N7O6. The molecule has 1 unspecified atom stereocenters. The fraction of sp³-hybridized carbons (Fsp3) is 0.621. The molecule has 0 saturated carbocycles. The summed E-state index contributed by atoms with van der Waals surface area (Å²) < 4.78 is 64.6. The minimum atomic E-state index is -5.08. The molecule has 18 heteroatoms. The molecule has 0 radical (unpaired) electrons. The molecule has 2 aliphatic heterocycles. The van der Waals surface area contributed by atoms with E-state index in [0.717, 1.165) is 31.5 Å². The van der Waals surface area contributed by atoms with E-state index in [1.807, 2.05) is 25.7 Å². The standard InChI is InChI=1S/C27H37F2N7O4.C2HF3O2/c1-5-7-10-30-23(37)21(20-13-36(11-6-2)33-32-20)34-14-26(3)15-35(17-27(26,16-34)25(39)40-4)24(38)18-8-9-19(22(28)29)31-12-18;3-2(4,5)1(6)7/h8-9,12-13,21-22H,5-7,10-11,14-17H2,1-4H3,(H,30,37);(H,6,7)/t21?,26-,27+;/m0./s1. The number of fused-ring (bicyclic) bond motifs is 1. The zero-order valence-corrected chi connectivity index (χ0v) is 26.4. The van der Waals surface area contributed by atoms with Crippen LogP contribution in [0.25, 0.3) is 0 Å². The molecule has 2 saturated heterocycles. The summed E-state index contributed by atoms with van der Waals surface area (Å²) in [5.41, 5.74) is -1.64. The van der Waals surface area contributed by atoms with Crippen LogP contribution in [0, 0.1) is 10.8 Å². The number of halogens is 5. The van der Waals surface area contributed by atoms with Crippen LogP contribution in [-0.2, 0) is 25.7 Å². The highest BCUT2D eigenvalue weighted by atomic mass is 19.4. The monoisotopic (exact) mass is 675 g/mol. The summed E-state index contributed by atoms with van der Waals surface area (Å²) in [4.78, 5) is 56.3. The molecule has 0 aromatic carbocycles. The number of hydrogen-bond acceptors (Lipinski definition) is 9. The van der Waals surface area contributed by atoms with E-state index in [-0.39, 0.29) is 31.1 Å². The van der Waals surface area contributed by atoms with E-state index >= 15 is 0 Å². The van der Waals surface area contributed by atoms with Gasteiger partial charge in [-0.3, -0.25) is 28.9 Å². The van der Waals surface area contributed by atoms with Crippen LogP contribution in [0.3, 0.4) is 0 Å². The Hall–Kier alpha value is -4.22. The first-order chi connectivity index (χ1) is 22.0. The lowest BCUT2D eigenvalue weighted by atomic mass is 9.69. The summed E-state index contributed by atoms with van der Waals surface area (Å²) in [5.74, 6) is -3.86. The van der Waals surface area contributed by atoms with E-state index in [2.05, 4.69) is 20.6 Å². The number of rotatable bonds is 11. The molecule has 0 bridgehead atoms. The average molecular weight is 676 g/mol. The number of carbonyl (C=O) groups excluding carboxylic acids is 3. The molecule has 2 aliphatic rings. The summed E-state index contributed by atoms with van der Waals surface area (Å²) in [6.45, 7) is 7.89. The molecule has 2 N–H and O–H groups in total. The van der Waals surface area contributed by atoms with E-state index in [1.54, 1.807) is 15.8 Å². The van der Waals surface area contributed by atoms with Crippen LogP contribution in [0.1, 0.15) is 74.2 Å². The van der Waals surface area contributed by atoms with Crippen molar-refractivity contribution in [2.45, 2.75) is 65.2 Å². The fourth-order valence-corrected chi connectivity index (χ4v) is 5.93. The normalized spacial score (nSPS) is 21.5. The Bertz CT molecular complexity index is 1420. The highest BCUT2D eigenvalue weighted by Gasteiger charge is 2.67. The minimum Gasteiger partial charge on any atom is -0.475 e. The number of carboxylic acid groups (broad SMARTS) is 1. The molecular weight excluding hydrogens is 637 g/mol. The Morgan fingerprint density at radius 1 is 1.06 bits per heavy atom. The fourth-order valence-electron chi connectivity index (χ4n) is 5.93. The Balaban J connectivity index is 0.000000771. The molecule has 13 nitrogen and oxygen atoms in total. The third kappa shape index (κ3) is 8.20. The van der Waals surface area contributed by atoms with E-state index in [4.69, 9.17) is 14.6 Å². The maximum Gasteiger partial charge on any atom is 0.490 e. The lowest BCUT2D eigenvalue weighted by molar-refractivity contribution is -0.192. The number of esters is 1. The Kier molecular flexibility index (Phi) is 12.0. The number of alkyl halides is 5. The second kappa shape index (κ2) is 15.1. The van der Waals surface area contributed by atoms with Gasteiger partial charge in [-0.1, -0.05) is 32.4 Å². The van der Waals surface area contributed by atoms with Gasteiger partial charge in [0, 0.05) is 50.9 Å². The number of aliphatic carboxylic acids is 1. The summed E-state index contributed by atoms with van der Waals surface area (Å²) in [6, 6.07) is 1.67. The highest BCUT2D eigenvalue weighted by molar-refractivity contribution is 5.95. The van der Waals surface area contributed by atoms with E-state index in [0.29, 0.717) is 25.3 Å². The van der Waals surface area contributed by atoms with Gasteiger partial charge in [-0.25, -0.2) is 13.6 Å². The van der Waals surface area contributed by atoms with Crippen molar-refractivity contribution in [3.63, 3.8) is 0 Å². The van der Waals surface area contributed by atoms with Crippen molar-refractivity contribution in [1.82, 2.24) is 35.1 Å². The van der Waals surface area contributed by atoms with Gasteiger partial charge in [-0.15, -0.1) is 5.10 Å². The molecule has 3 atom stereocenters. The third-order valence-electron chi connectivity index (χ3n) is 8.28. The van der Waals surface area contributed by atoms with Crippen LogP contribution in [0.4, 0.5) is 22.0 Å². The van der Waals surface area contributed by atoms with Gasteiger partial charge >= 0.3 is 18.1 Å². The zero-order valence-electron chi connectivity index (χ0n) is 26.4. The van der Waals surface area contributed by atoms with Crippen LogP contribution in [0.5, 0.6) is 0 Å². The smallest absolute Gasteiger partial charge is 0.475 e. The van der Waals surface area contributed by atoms with Crippen molar-refractivity contribution in [2.24, 2.45) is 10.8 Å². The second-order valence-electron chi connectivity index (χ2n) is 11.7. The van der Waals surface area contributed by atoms with Crippen molar-refractivity contribution in [3.8, 4) is 0 Å². The van der Waals surface area contributed by atoms with Crippen LogP contribution in [-0.4, -0.2) is 105 Å². The number of ether oxygens (including phenoxy) is 1. The predicted molar refractivity (Wildman–Crippen MR) is 154 cm³/mol. The van der Waals surface area contributed by atoms with Gasteiger partial charge in [0.15, 0.2) is 0 Å². The first kappa shape index (κ1) is 37.2. The lowest BCUT2D eigenvalue weighted by Crippen LogP contribution is -2.46. The summed E-state index contributed by atoms with van der Waals surface area (Å²) >= 11 is 0. The largest absolute Gasteiger partial charge is 0.490 e. The van der Waals surface area contributed by atoms with Crippen molar-refractivity contribution < 1.29 is 51.0 Å². The molecule has 0 spiro atoms. The van der Waals surface area contributed by atoms with Crippen molar-refractivity contribution in [3.05, 3.63) is 41.5 Å². The van der Waals surface area contributed by atoms with E-state index < -0.39 is 53.0 Å². The van der Waals surface area contributed by atoms with Crippen molar-refractivity contribution >= 4 is 23.8 Å². The van der Waals surface area contributed by atoms with Gasteiger partial charge in [-0.05, 0) is 25.0 Å². The number of amides is 2. The number of hydrogen-bond donors (Lipinski definition) is 2. The number of aromatic nitrogens is 4. The topological polar surface area (TPSA) is 160 Å². The molecule has 2 amide bonds. The molecule has 260 valence electrons. The molecule has 4 rings (SSSR count). The Morgan fingerprint density at radius 2 is 1.74 bits per heavy atom. The minimum absolute atomic E-state index is 0.0504. The van der Waals surface area contributed by atoms with Crippen LogP contribution in [0.15, 0.2) is 24.5 Å². The van der Waals surface area contributed by atoms with E-state index in [9.17, 15) is 36.3 Å². The maximum absolute atomic E-state index is 13.5. The number of unbranched alkanes of at least 4 members (excludes halogenated alkanes) is 1. The summed E-state index contributed by atoms with van der Waals surface area (Å²) in [6.07, 6.45) is -2.31. The van der Waals surface area contributed by atoms with Gasteiger partial charge < -0.3 is 20.1 Å². The Morgan fingerprint density at radius 3 is 2.28 bits per heavy atom. The predicted octanol–water partition coefficient (Wildman–Crippen LogP) is 3.25. The number of carbonyl (C=O) groups is 4. The SMILES string of the molecule is CCCCNC(=O)C(c1cn(CCC)nn1)N1C[C@@]2(C)CN(C(=O)c3ccc(C(F)F)nc3)C[C@@]2(C(=O)OC)C1.O=C(O)C(F)(F)F. The van der Waals surface area contributed by atoms with Gasteiger partial charge in [-0.2, -0.15) is 13.2 Å². The quantitative estimate of drug-likeness (QED) is 0.206. The zero-order chi connectivity index (χ0) is 35.2. The van der Waals surface area contributed by atoms with Gasteiger partial charge in [0.25, 0.3) is 12.3 Å². The molecule has 2 aromatic heterocycles. The highest BCUT2D eigenvalue weighted by Crippen LogP contribution is 2.54. The third-order valence-corrected chi connectivity index (χ3v) is 8.28. The molecule has 2 fully saturated rings. The van der Waals surface area contributed by atoms with E-state index in [1.165, 1.54) is 13.2 Å². The second-order valence-corrected chi connectivity index (χ2v) is 11.7. The lowest BCUT2D eigenvalue weighted by Gasteiger charge is -2.31. The molecule has 2 aromatic rings. The van der Waals surface area contributed by atoms with Gasteiger partial charge in [0.05, 0.1) is 18.9 Å². The van der Waals surface area contributed by atoms with Gasteiger partial charge in [0.1, 0.15) is 22.8 Å². The molecule has 0 aliphatic carbocycles. The number of nitrogens with one attached hydrogen (secondary N) is 1. The van der Waals surface area contributed by atoms with Crippen molar-refractivity contribution in [1.29, 1.82) is 0 Å².